The Bertz CT molecular complexity index is 910. The largest absolute Gasteiger partial charge is 0.462 e. The van der Waals surface area contributed by atoms with Crippen molar-refractivity contribution >= 4 is 24.0 Å². The molecule has 0 amide bonds. The number of ether oxygens (including phenoxy) is 3. The fourth-order valence-electron chi connectivity index (χ4n) is 2.55. The van der Waals surface area contributed by atoms with Gasteiger partial charge < -0.3 is 18.6 Å². The summed E-state index contributed by atoms with van der Waals surface area (Å²) in [6.07, 6.45) is 2.03. The minimum Gasteiger partial charge on any atom is -0.462 e. The van der Waals surface area contributed by atoms with Crippen molar-refractivity contribution in [3.05, 3.63) is 53.3 Å². The molecule has 7 nitrogen and oxygen atoms in total. The standard InChI is InChI=1S/C21H20O7/c1-4-11-25-18(22)14-7-5-13(6-8-14)17-10-9-15(26-17)12-16-19(23)27-21(2,3)28-20(16)24/h5-10,12H,4,11H2,1-3H3. The maximum absolute atomic E-state index is 12.0. The van der Waals surface area contributed by atoms with Crippen molar-refractivity contribution in [3.8, 4) is 11.3 Å². The van der Waals surface area contributed by atoms with Crippen molar-refractivity contribution in [3.63, 3.8) is 0 Å². The Labute approximate surface area is 161 Å². The summed E-state index contributed by atoms with van der Waals surface area (Å²) in [5.41, 5.74) is 0.933. The summed E-state index contributed by atoms with van der Waals surface area (Å²) >= 11 is 0. The predicted molar refractivity (Wildman–Crippen MR) is 99.0 cm³/mol. The Hall–Kier alpha value is -3.35. The lowest BCUT2D eigenvalue weighted by Gasteiger charge is -2.29. The van der Waals surface area contributed by atoms with E-state index in [1.165, 1.54) is 19.9 Å². The van der Waals surface area contributed by atoms with Crippen LogP contribution in [0.4, 0.5) is 0 Å². The summed E-state index contributed by atoms with van der Waals surface area (Å²) in [5, 5.41) is 0. The third-order valence-corrected chi connectivity index (χ3v) is 3.87. The molecule has 0 atom stereocenters. The van der Waals surface area contributed by atoms with Crippen LogP contribution in [0.3, 0.4) is 0 Å². The molecule has 0 bridgehead atoms. The second-order valence-electron chi connectivity index (χ2n) is 6.65. The van der Waals surface area contributed by atoms with E-state index in [1.54, 1.807) is 36.4 Å². The number of rotatable bonds is 5. The Morgan fingerprint density at radius 2 is 1.68 bits per heavy atom. The van der Waals surface area contributed by atoms with E-state index in [-0.39, 0.29) is 11.5 Å². The molecule has 1 fully saturated rings. The van der Waals surface area contributed by atoms with Crippen LogP contribution in [0.25, 0.3) is 17.4 Å². The van der Waals surface area contributed by atoms with Gasteiger partial charge in [0.25, 0.3) is 5.79 Å². The summed E-state index contributed by atoms with van der Waals surface area (Å²) in [6.45, 7) is 5.26. The molecule has 0 spiro atoms. The van der Waals surface area contributed by atoms with Gasteiger partial charge in [-0.15, -0.1) is 0 Å². The third kappa shape index (κ3) is 4.31. The second kappa shape index (κ2) is 7.72. The Balaban J connectivity index is 1.76. The number of furan rings is 1. The lowest BCUT2D eigenvalue weighted by Crippen LogP contribution is -2.41. The maximum atomic E-state index is 12.0. The van der Waals surface area contributed by atoms with Crippen molar-refractivity contribution in [1.82, 2.24) is 0 Å². The molecule has 0 radical (unpaired) electrons. The zero-order valence-corrected chi connectivity index (χ0v) is 15.8. The van der Waals surface area contributed by atoms with Gasteiger partial charge in [0.2, 0.25) is 0 Å². The van der Waals surface area contributed by atoms with Crippen LogP contribution < -0.4 is 0 Å². The highest BCUT2D eigenvalue weighted by molar-refractivity contribution is 6.18. The molecule has 0 aliphatic carbocycles. The number of benzene rings is 1. The van der Waals surface area contributed by atoms with Crippen molar-refractivity contribution < 1.29 is 33.0 Å². The zero-order valence-electron chi connectivity index (χ0n) is 15.8. The van der Waals surface area contributed by atoms with Crippen LogP contribution in [0.2, 0.25) is 0 Å². The van der Waals surface area contributed by atoms with Gasteiger partial charge in [-0.25, -0.2) is 14.4 Å². The Morgan fingerprint density at radius 3 is 2.29 bits per heavy atom. The molecule has 7 heteroatoms. The first-order valence-corrected chi connectivity index (χ1v) is 8.85. The number of carbonyl (C=O) groups excluding carboxylic acids is 3. The molecule has 0 unspecified atom stereocenters. The monoisotopic (exact) mass is 384 g/mol. The van der Waals surface area contributed by atoms with E-state index in [2.05, 4.69) is 0 Å². The van der Waals surface area contributed by atoms with E-state index < -0.39 is 17.7 Å². The minimum atomic E-state index is -1.29. The topological polar surface area (TPSA) is 92.0 Å². The van der Waals surface area contributed by atoms with Crippen LogP contribution in [0.15, 0.2) is 46.4 Å². The molecule has 1 aliphatic heterocycles. The Morgan fingerprint density at radius 1 is 1.04 bits per heavy atom. The summed E-state index contributed by atoms with van der Waals surface area (Å²) < 4.78 is 20.9. The molecular weight excluding hydrogens is 364 g/mol. The minimum absolute atomic E-state index is 0.241. The Kier molecular flexibility index (Phi) is 5.35. The maximum Gasteiger partial charge on any atom is 0.348 e. The van der Waals surface area contributed by atoms with Crippen LogP contribution >= 0.6 is 0 Å². The fourth-order valence-corrected chi connectivity index (χ4v) is 2.55. The first kappa shape index (κ1) is 19.4. The smallest absolute Gasteiger partial charge is 0.348 e. The molecule has 1 aliphatic rings. The zero-order chi connectivity index (χ0) is 20.3. The van der Waals surface area contributed by atoms with Crippen LogP contribution in [0, 0.1) is 0 Å². The summed E-state index contributed by atoms with van der Waals surface area (Å²) in [6, 6.07) is 10.1. The van der Waals surface area contributed by atoms with E-state index >= 15 is 0 Å². The molecule has 1 saturated heterocycles. The summed E-state index contributed by atoms with van der Waals surface area (Å²) in [7, 11) is 0. The number of esters is 3. The average Bonchev–Trinajstić information content (AvgIpc) is 3.11. The van der Waals surface area contributed by atoms with Crippen LogP contribution in [0.1, 0.15) is 43.3 Å². The molecule has 28 heavy (non-hydrogen) atoms. The third-order valence-electron chi connectivity index (χ3n) is 3.87. The number of carbonyl (C=O) groups is 3. The molecular formula is C21H20O7. The van der Waals surface area contributed by atoms with Gasteiger partial charge >= 0.3 is 17.9 Å². The van der Waals surface area contributed by atoms with Crippen LogP contribution in [-0.4, -0.2) is 30.3 Å². The van der Waals surface area contributed by atoms with Crippen LogP contribution in [-0.2, 0) is 23.8 Å². The highest BCUT2D eigenvalue weighted by Crippen LogP contribution is 2.27. The van der Waals surface area contributed by atoms with E-state index in [9.17, 15) is 14.4 Å². The summed E-state index contributed by atoms with van der Waals surface area (Å²) in [4.78, 5) is 35.8. The van der Waals surface area contributed by atoms with Gasteiger partial charge in [-0.05, 0) is 30.7 Å². The van der Waals surface area contributed by atoms with E-state index in [0.29, 0.717) is 23.7 Å². The lowest BCUT2D eigenvalue weighted by molar-refractivity contribution is -0.222. The van der Waals surface area contributed by atoms with E-state index in [4.69, 9.17) is 18.6 Å². The molecule has 2 heterocycles. The average molecular weight is 384 g/mol. The first-order chi connectivity index (χ1) is 13.3. The highest BCUT2D eigenvalue weighted by Gasteiger charge is 2.39. The number of hydrogen-bond donors (Lipinski definition) is 0. The fraction of sp³-hybridized carbons (Fsp3) is 0.286. The molecule has 2 aromatic rings. The van der Waals surface area contributed by atoms with Crippen molar-refractivity contribution in [2.45, 2.75) is 33.0 Å². The molecule has 1 aromatic carbocycles. The van der Waals surface area contributed by atoms with Gasteiger partial charge in [0.1, 0.15) is 17.1 Å². The van der Waals surface area contributed by atoms with Crippen LogP contribution in [0.5, 0.6) is 0 Å². The van der Waals surface area contributed by atoms with Gasteiger partial charge in [0, 0.05) is 25.5 Å². The number of cyclic esters (lactones) is 2. The van der Waals surface area contributed by atoms with E-state index in [0.717, 1.165) is 12.0 Å². The van der Waals surface area contributed by atoms with E-state index in [1.807, 2.05) is 6.92 Å². The predicted octanol–water partition coefficient (Wildman–Crippen LogP) is 3.73. The molecule has 0 saturated carbocycles. The first-order valence-electron chi connectivity index (χ1n) is 8.85. The lowest BCUT2D eigenvalue weighted by atomic mass is 10.1. The van der Waals surface area contributed by atoms with Gasteiger partial charge in [-0.3, -0.25) is 0 Å². The normalized spacial score (nSPS) is 15.6. The van der Waals surface area contributed by atoms with Gasteiger partial charge in [0.05, 0.1) is 12.2 Å². The summed E-state index contributed by atoms with van der Waals surface area (Å²) in [5.74, 6) is -2.40. The second-order valence-corrected chi connectivity index (χ2v) is 6.65. The SMILES string of the molecule is CCCOC(=O)c1ccc(-c2ccc(C=C3C(=O)OC(C)(C)OC3=O)o2)cc1. The van der Waals surface area contributed by atoms with Crippen molar-refractivity contribution in [2.24, 2.45) is 0 Å². The molecule has 0 N–H and O–H groups in total. The highest BCUT2D eigenvalue weighted by atomic mass is 16.7. The van der Waals surface area contributed by atoms with Crippen molar-refractivity contribution in [1.29, 1.82) is 0 Å². The molecule has 146 valence electrons. The van der Waals surface area contributed by atoms with Gasteiger partial charge in [0.15, 0.2) is 0 Å². The van der Waals surface area contributed by atoms with Crippen molar-refractivity contribution in [2.75, 3.05) is 6.61 Å². The number of hydrogen-bond acceptors (Lipinski definition) is 7. The van der Waals surface area contributed by atoms with Gasteiger partial charge in [-0.1, -0.05) is 19.1 Å². The molecule has 3 rings (SSSR count). The molecule has 1 aromatic heterocycles. The van der Waals surface area contributed by atoms with Gasteiger partial charge in [-0.2, -0.15) is 0 Å². The quantitative estimate of drug-likeness (QED) is 0.440.